The minimum atomic E-state index is -0.693. The normalized spacial score (nSPS) is 13.7. The van der Waals surface area contributed by atoms with Crippen LogP contribution in [0.5, 0.6) is 0 Å². The summed E-state index contributed by atoms with van der Waals surface area (Å²) in [5.74, 6) is -0.693. The van der Waals surface area contributed by atoms with Gasteiger partial charge in [0.1, 0.15) is 12.5 Å². The van der Waals surface area contributed by atoms with Crippen molar-refractivity contribution in [1.82, 2.24) is 4.90 Å². The summed E-state index contributed by atoms with van der Waals surface area (Å²) in [7, 11) is 0. The lowest BCUT2D eigenvalue weighted by Crippen LogP contribution is -2.40. The van der Waals surface area contributed by atoms with E-state index < -0.39 is 18.4 Å². The van der Waals surface area contributed by atoms with E-state index in [-0.39, 0.29) is 0 Å². The highest BCUT2D eigenvalue weighted by Gasteiger charge is 2.14. The van der Waals surface area contributed by atoms with Crippen molar-refractivity contribution in [1.29, 1.82) is 0 Å². The molecule has 0 aromatic heterocycles. The third-order valence-corrected chi connectivity index (χ3v) is 2.47. The van der Waals surface area contributed by atoms with Crippen molar-refractivity contribution in [3.05, 3.63) is 0 Å². The van der Waals surface area contributed by atoms with Gasteiger partial charge in [-0.3, -0.25) is 9.69 Å². The number of hydrogen-bond acceptors (Lipinski definition) is 4. The Bertz CT molecular complexity index is 187. The summed E-state index contributed by atoms with van der Waals surface area (Å²) in [6.07, 6.45) is 3.06. The Hall–Kier alpha value is -0.650. The largest absolute Gasteiger partial charge is 0.481 e. The molecule has 110 valence electrons. The summed E-state index contributed by atoms with van der Waals surface area (Å²) < 4.78 is 0. The van der Waals surface area contributed by atoms with Crippen molar-refractivity contribution in [2.75, 3.05) is 6.54 Å². The van der Waals surface area contributed by atoms with E-state index in [9.17, 15) is 15.0 Å². The molecule has 0 aliphatic rings. The second kappa shape index (κ2) is 12.8. The van der Waals surface area contributed by atoms with Crippen LogP contribution in [0.2, 0.25) is 0 Å². The summed E-state index contributed by atoms with van der Waals surface area (Å²) in [4.78, 5) is 11.4. The van der Waals surface area contributed by atoms with E-state index in [0.717, 1.165) is 32.2 Å². The molecule has 0 spiro atoms. The van der Waals surface area contributed by atoms with Crippen molar-refractivity contribution >= 4 is 5.97 Å². The van der Waals surface area contributed by atoms with Gasteiger partial charge in [0, 0.05) is 13.0 Å². The van der Waals surface area contributed by atoms with Gasteiger partial charge < -0.3 is 15.3 Å². The van der Waals surface area contributed by atoms with Crippen LogP contribution in [0.1, 0.15) is 59.8 Å². The van der Waals surface area contributed by atoms with E-state index in [1.165, 1.54) is 0 Å². The first-order valence-electron chi connectivity index (χ1n) is 6.70. The molecule has 0 radical (unpaired) electrons. The van der Waals surface area contributed by atoms with Crippen molar-refractivity contribution in [3.63, 3.8) is 0 Å². The number of rotatable bonds is 8. The molecule has 2 atom stereocenters. The fraction of sp³-hybridized carbons (Fsp3) is 0.923. The van der Waals surface area contributed by atoms with Gasteiger partial charge in [0.2, 0.25) is 0 Å². The van der Waals surface area contributed by atoms with Crippen LogP contribution in [0.3, 0.4) is 0 Å². The second-order valence-electron chi connectivity index (χ2n) is 4.35. The highest BCUT2D eigenvalue weighted by molar-refractivity contribution is 5.66. The first-order chi connectivity index (χ1) is 8.36. The highest BCUT2D eigenvalue weighted by Crippen LogP contribution is 2.03. The molecule has 0 rings (SSSR count). The minimum absolute atomic E-state index is 0.316. The average Bonchev–Trinajstić information content (AvgIpc) is 2.26. The van der Waals surface area contributed by atoms with Crippen LogP contribution in [0.15, 0.2) is 0 Å². The molecule has 0 amide bonds. The van der Waals surface area contributed by atoms with Crippen molar-refractivity contribution < 1.29 is 20.1 Å². The van der Waals surface area contributed by atoms with Gasteiger partial charge in [-0.1, -0.05) is 26.7 Å². The standard InChI is InChI=1S/C8H19NO2.C5H10O2/c1-4-5-6-9(7(2)10)8(3)11;1-2-3-4-5(6)7/h7-8,10-11H,4-6H2,1-3H3;2-4H2,1H3,(H,6,7). The van der Waals surface area contributed by atoms with Crippen LogP contribution in [0.4, 0.5) is 0 Å². The van der Waals surface area contributed by atoms with E-state index in [4.69, 9.17) is 5.11 Å². The third-order valence-electron chi connectivity index (χ3n) is 2.47. The summed E-state index contributed by atoms with van der Waals surface area (Å²) in [6, 6.07) is 0. The maximum Gasteiger partial charge on any atom is 0.303 e. The molecule has 0 aliphatic heterocycles. The molecule has 5 nitrogen and oxygen atoms in total. The van der Waals surface area contributed by atoms with Crippen molar-refractivity contribution in [3.8, 4) is 0 Å². The van der Waals surface area contributed by atoms with E-state index in [1.54, 1.807) is 18.7 Å². The van der Waals surface area contributed by atoms with Gasteiger partial charge >= 0.3 is 5.97 Å². The predicted octanol–water partition coefficient (Wildman–Crippen LogP) is 2.03. The van der Waals surface area contributed by atoms with Gasteiger partial charge in [-0.15, -0.1) is 0 Å². The smallest absolute Gasteiger partial charge is 0.303 e. The number of aliphatic hydroxyl groups excluding tert-OH is 2. The number of aliphatic hydroxyl groups is 2. The third kappa shape index (κ3) is 13.4. The molecule has 0 aliphatic carbocycles. The number of nitrogens with zero attached hydrogens (tertiary/aromatic N) is 1. The Kier molecular flexibility index (Phi) is 14.0. The van der Waals surface area contributed by atoms with Crippen LogP contribution in [-0.2, 0) is 4.79 Å². The molecular formula is C13H29NO4. The zero-order valence-electron chi connectivity index (χ0n) is 12.1. The SMILES string of the molecule is CCCCC(=O)O.CCCCN(C(C)O)C(C)O. The maximum absolute atomic E-state index is 9.76. The van der Waals surface area contributed by atoms with Crippen LogP contribution < -0.4 is 0 Å². The van der Waals surface area contributed by atoms with E-state index >= 15 is 0 Å². The van der Waals surface area contributed by atoms with Gasteiger partial charge in [-0.2, -0.15) is 0 Å². The second-order valence-corrected chi connectivity index (χ2v) is 4.35. The monoisotopic (exact) mass is 263 g/mol. The number of hydrogen-bond donors (Lipinski definition) is 3. The van der Waals surface area contributed by atoms with E-state index in [0.29, 0.717) is 6.42 Å². The lowest BCUT2D eigenvalue weighted by atomic mass is 10.3. The maximum atomic E-state index is 9.76. The van der Waals surface area contributed by atoms with Crippen LogP contribution in [-0.4, -0.2) is 45.2 Å². The fourth-order valence-electron chi connectivity index (χ4n) is 1.35. The van der Waals surface area contributed by atoms with Gasteiger partial charge in [-0.25, -0.2) is 0 Å². The van der Waals surface area contributed by atoms with Crippen molar-refractivity contribution in [2.45, 2.75) is 72.3 Å². The Morgan fingerprint density at radius 1 is 1.06 bits per heavy atom. The number of carboxylic acids is 1. The Morgan fingerprint density at radius 2 is 1.50 bits per heavy atom. The molecule has 18 heavy (non-hydrogen) atoms. The molecule has 0 saturated carbocycles. The van der Waals surface area contributed by atoms with Crippen LogP contribution in [0, 0.1) is 0 Å². The van der Waals surface area contributed by atoms with Gasteiger partial charge in [0.25, 0.3) is 0 Å². The fourth-order valence-corrected chi connectivity index (χ4v) is 1.35. The Balaban J connectivity index is 0. The molecule has 0 heterocycles. The van der Waals surface area contributed by atoms with E-state index in [1.807, 2.05) is 6.92 Å². The molecule has 2 unspecified atom stereocenters. The lowest BCUT2D eigenvalue weighted by Gasteiger charge is -2.27. The topological polar surface area (TPSA) is 81.0 Å². The van der Waals surface area contributed by atoms with Gasteiger partial charge in [-0.05, 0) is 26.7 Å². The number of carbonyl (C=O) groups is 1. The molecule has 0 saturated heterocycles. The molecule has 0 fully saturated rings. The summed E-state index contributed by atoms with van der Waals surface area (Å²) in [5.41, 5.74) is 0. The molecule has 0 bridgehead atoms. The lowest BCUT2D eigenvalue weighted by molar-refractivity contribution is -0.137. The summed E-state index contributed by atoms with van der Waals surface area (Å²) in [6.45, 7) is 8.15. The zero-order valence-corrected chi connectivity index (χ0v) is 12.1. The van der Waals surface area contributed by atoms with Gasteiger partial charge in [0.05, 0.1) is 0 Å². The summed E-state index contributed by atoms with van der Waals surface area (Å²) >= 11 is 0. The average molecular weight is 263 g/mol. The van der Waals surface area contributed by atoms with E-state index in [2.05, 4.69) is 6.92 Å². The minimum Gasteiger partial charge on any atom is -0.481 e. The first-order valence-corrected chi connectivity index (χ1v) is 6.70. The van der Waals surface area contributed by atoms with Crippen LogP contribution >= 0.6 is 0 Å². The van der Waals surface area contributed by atoms with Gasteiger partial charge in [0.15, 0.2) is 0 Å². The Morgan fingerprint density at radius 3 is 1.72 bits per heavy atom. The number of aliphatic carboxylic acids is 1. The quantitative estimate of drug-likeness (QED) is 0.584. The molecule has 5 heteroatoms. The summed E-state index contributed by atoms with van der Waals surface area (Å²) in [5, 5.41) is 26.4. The van der Waals surface area contributed by atoms with Crippen molar-refractivity contribution in [2.24, 2.45) is 0 Å². The predicted molar refractivity (Wildman–Crippen MR) is 72.1 cm³/mol. The number of carboxylic acid groups (broad SMARTS) is 1. The zero-order chi connectivity index (χ0) is 14.6. The highest BCUT2D eigenvalue weighted by atomic mass is 16.4. The molecule has 0 aromatic rings. The molecule has 0 aromatic carbocycles. The number of unbranched alkanes of at least 4 members (excludes halogenated alkanes) is 2. The Labute approximate surface area is 110 Å². The molecule has 3 N–H and O–H groups in total. The first kappa shape index (κ1) is 19.7. The molecular weight excluding hydrogens is 234 g/mol. The van der Waals surface area contributed by atoms with Crippen LogP contribution in [0.25, 0.3) is 0 Å².